The molecule has 1 N–H and O–H groups in total. The van der Waals surface area contributed by atoms with Crippen LogP contribution in [0.1, 0.15) is 19.4 Å². The number of fused-ring (bicyclic) bond motifs is 1. The van der Waals surface area contributed by atoms with Gasteiger partial charge in [-0.05, 0) is 19.5 Å². The lowest BCUT2D eigenvalue weighted by molar-refractivity contribution is 0.174. The third-order valence-corrected chi connectivity index (χ3v) is 2.60. The summed E-state index contributed by atoms with van der Waals surface area (Å²) in [5.41, 5.74) is 1.05. The molecule has 2 rings (SSSR count). The molecule has 1 aromatic rings. The van der Waals surface area contributed by atoms with Crippen molar-refractivity contribution in [2.24, 2.45) is 0 Å². The highest BCUT2D eigenvalue weighted by Crippen LogP contribution is 2.38. The van der Waals surface area contributed by atoms with Crippen LogP contribution in [0.25, 0.3) is 0 Å². The zero-order valence-electron chi connectivity index (χ0n) is 10.7. The van der Waals surface area contributed by atoms with E-state index in [2.05, 4.69) is 24.1 Å². The van der Waals surface area contributed by atoms with Gasteiger partial charge in [0, 0.05) is 18.2 Å². The maximum atomic E-state index is 5.65. The molecular formula is C14H17NO3. The normalized spacial score (nSPS) is 11.9. The largest absolute Gasteiger partial charge is 0.480 e. The predicted octanol–water partition coefficient (Wildman–Crippen LogP) is 1.93. The van der Waals surface area contributed by atoms with Gasteiger partial charge in [0.2, 0.25) is 6.79 Å². The zero-order valence-corrected chi connectivity index (χ0v) is 10.7. The summed E-state index contributed by atoms with van der Waals surface area (Å²) in [5, 5.41) is 3.27. The van der Waals surface area contributed by atoms with Crippen LogP contribution in [0.4, 0.5) is 0 Å². The average molecular weight is 247 g/mol. The van der Waals surface area contributed by atoms with E-state index in [1.807, 2.05) is 12.1 Å². The first kappa shape index (κ1) is 12.6. The van der Waals surface area contributed by atoms with Gasteiger partial charge >= 0.3 is 0 Å². The second-order valence-corrected chi connectivity index (χ2v) is 3.81. The lowest BCUT2D eigenvalue weighted by atomic mass is 10.1. The fraction of sp³-hybridized carbons (Fsp3) is 0.429. The molecule has 0 unspecified atom stereocenters. The van der Waals surface area contributed by atoms with E-state index in [4.69, 9.17) is 14.2 Å². The summed E-state index contributed by atoms with van der Waals surface area (Å²) in [7, 11) is 0. The number of ether oxygens (including phenoxy) is 3. The van der Waals surface area contributed by atoms with E-state index in [0.717, 1.165) is 35.9 Å². The Morgan fingerprint density at radius 1 is 1.33 bits per heavy atom. The number of hydrogen-bond acceptors (Lipinski definition) is 4. The quantitative estimate of drug-likeness (QED) is 0.807. The molecule has 0 radical (unpaired) electrons. The maximum Gasteiger partial charge on any atom is 0.231 e. The zero-order chi connectivity index (χ0) is 12.8. The number of rotatable bonds is 5. The molecule has 0 saturated heterocycles. The van der Waals surface area contributed by atoms with Gasteiger partial charge in [-0.1, -0.05) is 12.8 Å². The Labute approximate surface area is 107 Å². The second kappa shape index (κ2) is 6.18. The van der Waals surface area contributed by atoms with Gasteiger partial charge in [0.1, 0.15) is 12.4 Å². The van der Waals surface area contributed by atoms with Crippen LogP contribution in [-0.4, -0.2) is 19.9 Å². The van der Waals surface area contributed by atoms with Crippen molar-refractivity contribution in [2.45, 2.75) is 20.4 Å². The van der Waals surface area contributed by atoms with Crippen LogP contribution >= 0.6 is 0 Å². The summed E-state index contributed by atoms with van der Waals surface area (Å²) >= 11 is 0. The highest BCUT2D eigenvalue weighted by atomic mass is 16.7. The minimum Gasteiger partial charge on any atom is -0.480 e. The molecule has 4 heteroatoms. The summed E-state index contributed by atoms with van der Waals surface area (Å²) in [6, 6.07) is 3.83. The number of hydrogen-bond donors (Lipinski definition) is 1. The number of nitrogens with one attached hydrogen (secondary N) is 1. The van der Waals surface area contributed by atoms with Crippen LogP contribution in [0.3, 0.4) is 0 Å². The van der Waals surface area contributed by atoms with E-state index in [1.54, 1.807) is 6.92 Å². The van der Waals surface area contributed by atoms with Crippen molar-refractivity contribution in [2.75, 3.05) is 19.9 Å². The second-order valence-electron chi connectivity index (χ2n) is 3.81. The molecule has 0 fully saturated rings. The minimum absolute atomic E-state index is 0.272. The molecule has 0 atom stereocenters. The van der Waals surface area contributed by atoms with E-state index in [0.29, 0.717) is 6.61 Å². The minimum atomic E-state index is 0.272. The van der Waals surface area contributed by atoms with E-state index in [-0.39, 0.29) is 6.79 Å². The topological polar surface area (TPSA) is 39.7 Å². The van der Waals surface area contributed by atoms with Crippen molar-refractivity contribution in [3.63, 3.8) is 0 Å². The van der Waals surface area contributed by atoms with E-state index >= 15 is 0 Å². The van der Waals surface area contributed by atoms with Crippen molar-refractivity contribution in [1.29, 1.82) is 0 Å². The fourth-order valence-electron chi connectivity index (χ4n) is 1.68. The van der Waals surface area contributed by atoms with E-state index in [9.17, 15) is 0 Å². The molecule has 0 bridgehead atoms. The van der Waals surface area contributed by atoms with Crippen LogP contribution in [0.2, 0.25) is 0 Å². The van der Waals surface area contributed by atoms with Gasteiger partial charge < -0.3 is 19.5 Å². The third kappa shape index (κ3) is 2.88. The Morgan fingerprint density at radius 2 is 2.11 bits per heavy atom. The Kier molecular flexibility index (Phi) is 4.32. The SMILES string of the molecule is CC#CCOc1cc2c(cc1CNCC)OCO2. The summed E-state index contributed by atoms with van der Waals surface area (Å²) < 4.78 is 16.4. The van der Waals surface area contributed by atoms with Crippen molar-refractivity contribution >= 4 is 0 Å². The molecule has 1 aliphatic rings. The van der Waals surface area contributed by atoms with Crippen molar-refractivity contribution in [3.8, 4) is 29.1 Å². The first-order valence-electron chi connectivity index (χ1n) is 6.00. The van der Waals surface area contributed by atoms with Gasteiger partial charge in [-0.2, -0.15) is 0 Å². The Balaban J connectivity index is 2.19. The Hall–Kier alpha value is -1.86. The molecule has 0 aromatic heterocycles. The van der Waals surface area contributed by atoms with Gasteiger partial charge in [-0.25, -0.2) is 0 Å². The van der Waals surface area contributed by atoms with Crippen LogP contribution in [-0.2, 0) is 6.54 Å². The molecule has 1 heterocycles. The fourth-order valence-corrected chi connectivity index (χ4v) is 1.68. The van der Waals surface area contributed by atoms with Crippen molar-refractivity contribution in [3.05, 3.63) is 17.7 Å². The van der Waals surface area contributed by atoms with E-state index in [1.165, 1.54) is 0 Å². The van der Waals surface area contributed by atoms with Gasteiger partial charge in [0.15, 0.2) is 11.5 Å². The standard InChI is InChI=1S/C14H17NO3/c1-3-5-6-16-12-8-14-13(17-10-18-14)7-11(12)9-15-4-2/h7-8,15H,4,6,9-10H2,1-2H3. The average Bonchev–Trinajstić information content (AvgIpc) is 2.83. The molecular weight excluding hydrogens is 230 g/mol. The van der Waals surface area contributed by atoms with Crippen molar-refractivity contribution in [1.82, 2.24) is 5.32 Å². The molecule has 0 saturated carbocycles. The van der Waals surface area contributed by atoms with Crippen LogP contribution in [0, 0.1) is 11.8 Å². The molecule has 0 amide bonds. The predicted molar refractivity (Wildman–Crippen MR) is 68.9 cm³/mol. The summed E-state index contributed by atoms with van der Waals surface area (Å²) in [5.74, 6) is 7.99. The van der Waals surface area contributed by atoms with Crippen LogP contribution < -0.4 is 19.5 Å². The molecule has 4 nitrogen and oxygen atoms in total. The monoisotopic (exact) mass is 247 g/mol. The van der Waals surface area contributed by atoms with Crippen LogP contribution in [0.15, 0.2) is 12.1 Å². The smallest absolute Gasteiger partial charge is 0.231 e. The summed E-state index contributed by atoms with van der Waals surface area (Å²) in [6.07, 6.45) is 0. The highest BCUT2D eigenvalue weighted by Gasteiger charge is 2.17. The molecule has 96 valence electrons. The Bertz CT molecular complexity index is 474. The van der Waals surface area contributed by atoms with Crippen LogP contribution in [0.5, 0.6) is 17.2 Å². The first-order valence-corrected chi connectivity index (χ1v) is 6.00. The van der Waals surface area contributed by atoms with Gasteiger partial charge in [-0.15, -0.1) is 5.92 Å². The van der Waals surface area contributed by atoms with E-state index < -0.39 is 0 Å². The molecule has 0 spiro atoms. The summed E-state index contributed by atoms with van der Waals surface area (Å²) in [6.45, 7) is 6.16. The molecule has 1 aromatic carbocycles. The third-order valence-electron chi connectivity index (χ3n) is 2.60. The van der Waals surface area contributed by atoms with Gasteiger partial charge in [0.25, 0.3) is 0 Å². The van der Waals surface area contributed by atoms with Crippen molar-refractivity contribution < 1.29 is 14.2 Å². The van der Waals surface area contributed by atoms with Gasteiger partial charge in [-0.3, -0.25) is 0 Å². The first-order chi connectivity index (χ1) is 8.85. The maximum absolute atomic E-state index is 5.65. The lowest BCUT2D eigenvalue weighted by Crippen LogP contribution is -2.13. The molecule has 18 heavy (non-hydrogen) atoms. The molecule has 0 aliphatic carbocycles. The lowest BCUT2D eigenvalue weighted by Gasteiger charge is -2.11. The molecule has 1 aliphatic heterocycles. The summed E-state index contributed by atoms with van der Waals surface area (Å²) in [4.78, 5) is 0. The number of benzene rings is 1. The van der Waals surface area contributed by atoms with Gasteiger partial charge in [0.05, 0.1) is 0 Å². The highest BCUT2D eigenvalue weighted by molar-refractivity contribution is 5.51. The Morgan fingerprint density at radius 3 is 2.83 bits per heavy atom.